The van der Waals surface area contributed by atoms with E-state index in [9.17, 15) is 0 Å². The lowest BCUT2D eigenvalue weighted by atomic mass is 9.70. The molecule has 242 valence electrons. The van der Waals surface area contributed by atoms with Crippen molar-refractivity contribution < 1.29 is 0 Å². The maximum Gasteiger partial charge on any atom is 0.0725 e. The Kier molecular flexibility index (Phi) is 6.23. The van der Waals surface area contributed by atoms with E-state index in [1.807, 2.05) is 0 Å². The van der Waals surface area contributed by atoms with E-state index in [0.717, 1.165) is 17.1 Å². The molecule has 9 aromatic rings. The molecule has 1 spiro atoms. The summed E-state index contributed by atoms with van der Waals surface area (Å²) in [6, 6.07) is 74.1. The summed E-state index contributed by atoms with van der Waals surface area (Å²) < 4.78 is 0. The first-order chi connectivity index (χ1) is 25.8. The fourth-order valence-electron chi connectivity index (χ4n) is 9.32. The molecule has 9 aromatic carbocycles. The lowest BCUT2D eigenvalue weighted by Crippen LogP contribution is -2.25. The van der Waals surface area contributed by atoms with Crippen LogP contribution in [-0.2, 0) is 5.41 Å². The molecule has 0 radical (unpaired) electrons. The molecule has 0 aliphatic heterocycles. The Hall–Kier alpha value is -6.70. The normalized spacial score (nSPS) is 13.2. The molecule has 0 bridgehead atoms. The summed E-state index contributed by atoms with van der Waals surface area (Å²) in [5, 5.41) is 4.91. The lowest BCUT2D eigenvalue weighted by Gasteiger charge is -2.31. The van der Waals surface area contributed by atoms with Crippen LogP contribution in [0.25, 0.3) is 54.9 Å². The van der Waals surface area contributed by atoms with Gasteiger partial charge in [-0.2, -0.15) is 0 Å². The van der Waals surface area contributed by atoms with E-state index < -0.39 is 0 Å². The van der Waals surface area contributed by atoms with Crippen molar-refractivity contribution in [1.29, 1.82) is 0 Å². The van der Waals surface area contributed by atoms with Crippen molar-refractivity contribution in [2.75, 3.05) is 4.90 Å². The minimum absolute atomic E-state index is 0.388. The molecule has 2 aliphatic carbocycles. The molecule has 0 unspecified atom stereocenters. The van der Waals surface area contributed by atoms with E-state index in [4.69, 9.17) is 0 Å². The second kappa shape index (κ2) is 11.2. The quantitative estimate of drug-likeness (QED) is 0.182. The van der Waals surface area contributed by atoms with Crippen molar-refractivity contribution in [2.45, 2.75) is 5.41 Å². The number of benzene rings is 9. The van der Waals surface area contributed by atoms with Gasteiger partial charge in [-0.25, -0.2) is 0 Å². The van der Waals surface area contributed by atoms with Crippen LogP contribution < -0.4 is 4.90 Å². The summed E-state index contributed by atoms with van der Waals surface area (Å²) >= 11 is 0. The summed E-state index contributed by atoms with van der Waals surface area (Å²) in [4.78, 5) is 2.45. The van der Waals surface area contributed by atoms with Crippen LogP contribution in [0.15, 0.2) is 200 Å². The van der Waals surface area contributed by atoms with Crippen LogP contribution in [0.1, 0.15) is 22.3 Å². The van der Waals surface area contributed by atoms with Gasteiger partial charge in [0.25, 0.3) is 0 Å². The molecule has 0 saturated carbocycles. The molecule has 1 nitrogen and oxygen atoms in total. The van der Waals surface area contributed by atoms with Crippen LogP contribution >= 0.6 is 0 Å². The van der Waals surface area contributed by atoms with Gasteiger partial charge in [0.15, 0.2) is 0 Å². The molecule has 0 fully saturated rings. The second-order valence-corrected chi connectivity index (χ2v) is 14.0. The SMILES string of the molecule is c1ccc(N(c2ccc3ccccc3c2)c2ccc3ccccc3c2)c(-c2cccc3c2-c2ccccc2C32c3ccccc3-c3ccccc32)c1. The summed E-state index contributed by atoms with van der Waals surface area (Å²) in [6.45, 7) is 0. The van der Waals surface area contributed by atoms with Gasteiger partial charge in [0, 0.05) is 16.9 Å². The predicted octanol–water partition coefficient (Wildman–Crippen LogP) is 13.5. The number of hydrogen-bond acceptors (Lipinski definition) is 1. The van der Waals surface area contributed by atoms with Gasteiger partial charge >= 0.3 is 0 Å². The maximum absolute atomic E-state index is 2.45. The van der Waals surface area contributed by atoms with Crippen molar-refractivity contribution >= 4 is 38.6 Å². The third-order valence-electron chi connectivity index (χ3n) is 11.4. The molecule has 1 heteroatoms. The van der Waals surface area contributed by atoms with Gasteiger partial charge in [-0.1, -0.05) is 170 Å². The van der Waals surface area contributed by atoms with Gasteiger partial charge in [-0.05, 0) is 102 Å². The zero-order valence-electron chi connectivity index (χ0n) is 28.5. The van der Waals surface area contributed by atoms with Crippen molar-refractivity contribution in [3.63, 3.8) is 0 Å². The number of nitrogens with zero attached hydrogens (tertiary/aromatic N) is 1. The Morgan fingerprint density at radius 1 is 0.288 bits per heavy atom. The van der Waals surface area contributed by atoms with Gasteiger partial charge < -0.3 is 4.90 Å². The van der Waals surface area contributed by atoms with E-state index >= 15 is 0 Å². The van der Waals surface area contributed by atoms with Crippen LogP contribution in [-0.4, -0.2) is 0 Å². The van der Waals surface area contributed by atoms with Gasteiger partial charge in [-0.15, -0.1) is 0 Å². The zero-order valence-corrected chi connectivity index (χ0v) is 28.5. The summed E-state index contributed by atoms with van der Waals surface area (Å²) in [5.41, 5.74) is 16.2. The van der Waals surface area contributed by atoms with E-state index in [1.165, 1.54) is 77.2 Å². The summed E-state index contributed by atoms with van der Waals surface area (Å²) in [6.07, 6.45) is 0. The summed E-state index contributed by atoms with van der Waals surface area (Å²) in [7, 11) is 0. The van der Waals surface area contributed by atoms with Crippen LogP contribution in [0.5, 0.6) is 0 Å². The number of para-hydroxylation sites is 1. The van der Waals surface area contributed by atoms with Crippen molar-refractivity contribution in [3.8, 4) is 33.4 Å². The Labute approximate surface area is 303 Å². The Morgan fingerprint density at radius 2 is 0.712 bits per heavy atom. The second-order valence-electron chi connectivity index (χ2n) is 14.0. The van der Waals surface area contributed by atoms with E-state index in [0.29, 0.717) is 0 Å². The fraction of sp³-hybridized carbons (Fsp3) is 0.0196. The molecule has 0 aromatic heterocycles. The van der Waals surface area contributed by atoms with Crippen LogP contribution in [0.2, 0.25) is 0 Å². The topological polar surface area (TPSA) is 3.24 Å². The molecule has 0 heterocycles. The minimum Gasteiger partial charge on any atom is -0.310 e. The van der Waals surface area contributed by atoms with E-state index in [2.05, 4.69) is 205 Å². The maximum atomic E-state index is 2.45. The number of rotatable bonds is 4. The number of fused-ring (bicyclic) bond motifs is 12. The van der Waals surface area contributed by atoms with Crippen LogP contribution in [0.4, 0.5) is 17.1 Å². The molecule has 0 saturated heterocycles. The van der Waals surface area contributed by atoms with Crippen molar-refractivity contribution in [2.24, 2.45) is 0 Å². The van der Waals surface area contributed by atoms with Gasteiger partial charge in [-0.3, -0.25) is 0 Å². The van der Waals surface area contributed by atoms with Gasteiger partial charge in [0.05, 0.1) is 11.1 Å². The number of anilines is 3. The predicted molar refractivity (Wildman–Crippen MR) is 218 cm³/mol. The average Bonchev–Trinajstić information content (AvgIpc) is 3.69. The molecule has 0 amide bonds. The van der Waals surface area contributed by atoms with Gasteiger partial charge in [0.2, 0.25) is 0 Å². The molecule has 0 N–H and O–H groups in total. The first kappa shape index (κ1) is 29.1. The Balaban J connectivity index is 1.20. The Bertz CT molecular complexity index is 2750. The van der Waals surface area contributed by atoms with E-state index in [-0.39, 0.29) is 5.41 Å². The third-order valence-corrected chi connectivity index (χ3v) is 11.4. The minimum atomic E-state index is -0.388. The first-order valence-corrected chi connectivity index (χ1v) is 18.1. The van der Waals surface area contributed by atoms with Gasteiger partial charge in [0.1, 0.15) is 0 Å². The molecule has 52 heavy (non-hydrogen) atoms. The first-order valence-electron chi connectivity index (χ1n) is 18.1. The molecule has 2 aliphatic rings. The van der Waals surface area contributed by atoms with Crippen LogP contribution in [0, 0.1) is 0 Å². The molecular formula is C51H33N. The highest BCUT2D eigenvalue weighted by atomic mass is 15.1. The van der Waals surface area contributed by atoms with Crippen molar-refractivity contribution in [1.82, 2.24) is 0 Å². The third kappa shape index (κ3) is 3.99. The zero-order chi connectivity index (χ0) is 34.2. The van der Waals surface area contributed by atoms with Crippen LogP contribution in [0.3, 0.4) is 0 Å². The standard InChI is InChI=1S/C51H33N/c1-3-16-36-32-38(30-28-34(36)14-1)52(39-31-29-35-15-2-4-17-37(35)33-39)49-27-12-8-20-42(49)43-22-13-26-48-50(43)44-21-7-11-25-47(44)51(48)45-23-9-5-18-40(45)41-19-6-10-24-46(41)51/h1-33H. The lowest BCUT2D eigenvalue weighted by molar-refractivity contribution is 0.794. The smallest absolute Gasteiger partial charge is 0.0725 e. The van der Waals surface area contributed by atoms with Crippen molar-refractivity contribution in [3.05, 3.63) is 222 Å². The molecule has 11 rings (SSSR count). The Morgan fingerprint density at radius 3 is 1.31 bits per heavy atom. The number of hydrogen-bond donors (Lipinski definition) is 0. The summed E-state index contributed by atoms with van der Waals surface area (Å²) in [5.74, 6) is 0. The molecular weight excluding hydrogens is 627 g/mol. The fourth-order valence-corrected chi connectivity index (χ4v) is 9.32. The highest BCUT2D eigenvalue weighted by Crippen LogP contribution is 2.64. The highest BCUT2D eigenvalue weighted by Gasteiger charge is 2.52. The monoisotopic (exact) mass is 659 g/mol. The largest absolute Gasteiger partial charge is 0.310 e. The molecule has 0 atom stereocenters. The van der Waals surface area contributed by atoms with E-state index in [1.54, 1.807) is 0 Å². The average molecular weight is 660 g/mol. The highest BCUT2D eigenvalue weighted by molar-refractivity contribution is 6.03.